The molecule has 2 aromatic carbocycles. The first-order valence-corrected chi connectivity index (χ1v) is 10.7. The summed E-state index contributed by atoms with van der Waals surface area (Å²) < 4.78 is 0. The summed E-state index contributed by atoms with van der Waals surface area (Å²) in [5, 5.41) is 8.83. The molecule has 1 aliphatic rings. The Bertz CT molecular complexity index is 947. The van der Waals surface area contributed by atoms with Gasteiger partial charge in [-0.15, -0.1) is 10.2 Å². The second-order valence-electron chi connectivity index (χ2n) is 7.85. The van der Waals surface area contributed by atoms with Gasteiger partial charge in [0, 0.05) is 38.2 Å². The molecule has 5 heteroatoms. The number of carbonyl (C=O) groups is 1. The Balaban J connectivity index is 1.25. The summed E-state index contributed by atoms with van der Waals surface area (Å²) in [6.45, 7) is 5.15. The minimum Gasteiger partial charge on any atom is -0.352 e. The number of piperazine rings is 1. The topological polar surface area (TPSA) is 49.3 Å². The van der Waals surface area contributed by atoms with E-state index in [4.69, 9.17) is 0 Å². The minimum absolute atomic E-state index is 0.256. The third kappa shape index (κ3) is 5.03. The van der Waals surface area contributed by atoms with Crippen molar-refractivity contribution in [3.8, 4) is 11.3 Å². The van der Waals surface area contributed by atoms with Crippen molar-refractivity contribution in [2.24, 2.45) is 0 Å². The molecule has 0 aliphatic carbocycles. The lowest BCUT2D eigenvalue weighted by molar-refractivity contribution is -0.131. The smallest absolute Gasteiger partial charge is 0.222 e. The Hall–Kier alpha value is -3.21. The standard InChI is InChI=1S/C25H28N4O/c1-20-10-12-22(13-11-20)23-14-15-24(27-26-23)28-16-18-29(19-17-28)25(30)9-5-8-21-6-3-2-4-7-21/h2-4,6-7,10-15H,5,8-9,16-19H2,1H3. The van der Waals surface area contributed by atoms with E-state index in [1.165, 1.54) is 11.1 Å². The summed E-state index contributed by atoms with van der Waals surface area (Å²) in [7, 11) is 0. The van der Waals surface area contributed by atoms with Gasteiger partial charge in [-0.1, -0.05) is 60.2 Å². The van der Waals surface area contributed by atoms with Crippen LogP contribution in [0.15, 0.2) is 66.7 Å². The Kier molecular flexibility index (Phi) is 6.38. The second kappa shape index (κ2) is 9.53. The maximum Gasteiger partial charge on any atom is 0.222 e. The first-order chi connectivity index (χ1) is 14.7. The Morgan fingerprint density at radius 1 is 0.867 bits per heavy atom. The van der Waals surface area contributed by atoms with E-state index < -0.39 is 0 Å². The SMILES string of the molecule is Cc1ccc(-c2ccc(N3CCN(C(=O)CCCc4ccccc4)CC3)nn2)cc1. The van der Waals surface area contributed by atoms with Crippen LogP contribution >= 0.6 is 0 Å². The van der Waals surface area contributed by atoms with Crippen molar-refractivity contribution in [3.63, 3.8) is 0 Å². The molecule has 0 radical (unpaired) electrons. The average molecular weight is 401 g/mol. The van der Waals surface area contributed by atoms with Crippen molar-refractivity contribution >= 4 is 11.7 Å². The van der Waals surface area contributed by atoms with Crippen LogP contribution in [-0.4, -0.2) is 47.2 Å². The number of aromatic nitrogens is 2. The third-order valence-electron chi connectivity index (χ3n) is 5.65. The number of benzene rings is 2. The molecule has 0 N–H and O–H groups in total. The van der Waals surface area contributed by atoms with Crippen LogP contribution in [0, 0.1) is 6.92 Å². The van der Waals surface area contributed by atoms with Gasteiger partial charge in [0.25, 0.3) is 0 Å². The molecule has 1 fully saturated rings. The molecule has 0 atom stereocenters. The van der Waals surface area contributed by atoms with Crippen molar-refractivity contribution in [3.05, 3.63) is 77.9 Å². The van der Waals surface area contributed by atoms with E-state index in [2.05, 4.69) is 58.4 Å². The molecule has 5 nitrogen and oxygen atoms in total. The highest BCUT2D eigenvalue weighted by atomic mass is 16.2. The van der Waals surface area contributed by atoms with Gasteiger partial charge in [-0.05, 0) is 37.5 Å². The predicted molar refractivity (Wildman–Crippen MR) is 120 cm³/mol. The van der Waals surface area contributed by atoms with Crippen LogP contribution in [0.3, 0.4) is 0 Å². The molecule has 2 heterocycles. The zero-order chi connectivity index (χ0) is 20.8. The summed E-state index contributed by atoms with van der Waals surface area (Å²) in [5.74, 6) is 1.13. The van der Waals surface area contributed by atoms with E-state index in [1.54, 1.807) is 0 Å². The lowest BCUT2D eigenvalue weighted by atomic mass is 10.1. The van der Waals surface area contributed by atoms with E-state index in [0.717, 1.165) is 56.1 Å². The van der Waals surface area contributed by atoms with Gasteiger partial charge in [-0.2, -0.15) is 0 Å². The maximum absolute atomic E-state index is 12.5. The molecule has 1 aromatic heterocycles. The normalized spacial score (nSPS) is 14.0. The third-order valence-corrected chi connectivity index (χ3v) is 5.65. The molecule has 0 saturated carbocycles. The van der Waals surface area contributed by atoms with E-state index in [0.29, 0.717) is 6.42 Å². The maximum atomic E-state index is 12.5. The Labute approximate surface area is 178 Å². The average Bonchev–Trinajstić information content (AvgIpc) is 2.80. The van der Waals surface area contributed by atoms with E-state index in [1.807, 2.05) is 35.2 Å². The number of carbonyl (C=O) groups excluding carboxylic acids is 1. The van der Waals surface area contributed by atoms with Crippen molar-refractivity contribution in [1.29, 1.82) is 0 Å². The zero-order valence-corrected chi connectivity index (χ0v) is 17.5. The van der Waals surface area contributed by atoms with Crippen LogP contribution in [0.5, 0.6) is 0 Å². The summed E-state index contributed by atoms with van der Waals surface area (Å²) >= 11 is 0. The number of amides is 1. The second-order valence-corrected chi connectivity index (χ2v) is 7.85. The molecule has 4 rings (SSSR count). The van der Waals surface area contributed by atoms with Crippen LogP contribution in [0.4, 0.5) is 5.82 Å². The summed E-state index contributed by atoms with van der Waals surface area (Å²) in [6, 6.07) is 22.7. The monoisotopic (exact) mass is 400 g/mol. The van der Waals surface area contributed by atoms with Gasteiger partial charge in [0.05, 0.1) is 5.69 Å². The highest BCUT2D eigenvalue weighted by Crippen LogP contribution is 2.20. The van der Waals surface area contributed by atoms with E-state index >= 15 is 0 Å². The summed E-state index contributed by atoms with van der Waals surface area (Å²) in [4.78, 5) is 16.7. The van der Waals surface area contributed by atoms with Gasteiger partial charge >= 0.3 is 0 Å². The highest BCUT2D eigenvalue weighted by Gasteiger charge is 2.21. The number of aryl methyl sites for hydroxylation is 2. The molecule has 3 aromatic rings. The van der Waals surface area contributed by atoms with Gasteiger partial charge < -0.3 is 9.80 Å². The van der Waals surface area contributed by atoms with Crippen LogP contribution < -0.4 is 4.90 Å². The molecule has 154 valence electrons. The van der Waals surface area contributed by atoms with Gasteiger partial charge in [0.2, 0.25) is 5.91 Å². The first-order valence-electron chi connectivity index (χ1n) is 10.7. The van der Waals surface area contributed by atoms with Crippen molar-refractivity contribution in [1.82, 2.24) is 15.1 Å². The van der Waals surface area contributed by atoms with Gasteiger partial charge in [0.15, 0.2) is 5.82 Å². The van der Waals surface area contributed by atoms with Crippen LogP contribution in [0.25, 0.3) is 11.3 Å². The van der Waals surface area contributed by atoms with Crippen LogP contribution in [-0.2, 0) is 11.2 Å². The first kappa shape index (κ1) is 20.1. The minimum atomic E-state index is 0.256. The fraction of sp³-hybridized carbons (Fsp3) is 0.320. The van der Waals surface area contributed by atoms with E-state index in [-0.39, 0.29) is 5.91 Å². The number of hydrogen-bond acceptors (Lipinski definition) is 4. The van der Waals surface area contributed by atoms with Crippen LogP contribution in [0.1, 0.15) is 24.0 Å². The lowest BCUT2D eigenvalue weighted by Gasteiger charge is -2.35. The number of anilines is 1. The Morgan fingerprint density at radius 2 is 1.60 bits per heavy atom. The van der Waals surface area contributed by atoms with Gasteiger partial charge in [0.1, 0.15) is 0 Å². The number of nitrogens with zero attached hydrogens (tertiary/aromatic N) is 4. The molecule has 1 amide bonds. The molecule has 0 bridgehead atoms. The predicted octanol–water partition coefficient (Wildman–Crippen LogP) is 4.12. The van der Waals surface area contributed by atoms with Crippen molar-refractivity contribution in [2.45, 2.75) is 26.2 Å². The number of hydrogen-bond donors (Lipinski definition) is 0. The van der Waals surface area contributed by atoms with Crippen LogP contribution in [0.2, 0.25) is 0 Å². The van der Waals surface area contributed by atoms with E-state index in [9.17, 15) is 4.79 Å². The zero-order valence-electron chi connectivity index (χ0n) is 17.5. The van der Waals surface area contributed by atoms with Gasteiger partial charge in [-0.25, -0.2) is 0 Å². The summed E-state index contributed by atoms with van der Waals surface area (Å²) in [5.41, 5.74) is 4.48. The highest BCUT2D eigenvalue weighted by molar-refractivity contribution is 5.76. The molecule has 0 spiro atoms. The molecule has 1 aliphatic heterocycles. The fourth-order valence-electron chi connectivity index (χ4n) is 3.80. The molecular weight excluding hydrogens is 372 g/mol. The van der Waals surface area contributed by atoms with Crippen molar-refractivity contribution in [2.75, 3.05) is 31.1 Å². The molecule has 1 saturated heterocycles. The quantitative estimate of drug-likeness (QED) is 0.624. The number of rotatable bonds is 6. The van der Waals surface area contributed by atoms with Gasteiger partial charge in [-0.3, -0.25) is 4.79 Å². The Morgan fingerprint density at radius 3 is 2.27 bits per heavy atom. The molecule has 30 heavy (non-hydrogen) atoms. The molecular formula is C25H28N4O. The molecule has 0 unspecified atom stereocenters. The lowest BCUT2D eigenvalue weighted by Crippen LogP contribution is -2.49. The fourth-order valence-corrected chi connectivity index (χ4v) is 3.80. The largest absolute Gasteiger partial charge is 0.352 e. The summed E-state index contributed by atoms with van der Waals surface area (Å²) in [6.07, 6.45) is 2.46. The van der Waals surface area contributed by atoms with Crippen molar-refractivity contribution < 1.29 is 4.79 Å².